The second-order valence-corrected chi connectivity index (χ2v) is 7.84. The summed E-state index contributed by atoms with van der Waals surface area (Å²) in [5.41, 5.74) is 2.30. The highest BCUT2D eigenvalue weighted by Gasteiger charge is 2.26. The summed E-state index contributed by atoms with van der Waals surface area (Å²) in [6.45, 7) is 7.94. The van der Waals surface area contributed by atoms with Gasteiger partial charge in [-0.3, -0.25) is 14.7 Å². The van der Waals surface area contributed by atoms with Crippen molar-refractivity contribution in [2.75, 3.05) is 71.0 Å². The van der Waals surface area contributed by atoms with Crippen molar-refractivity contribution in [2.24, 2.45) is 10.9 Å². The monoisotopic (exact) mass is 513 g/mol. The molecule has 4 rings (SSSR count). The molecular weight excluding hydrogens is 481 g/mol. The van der Waals surface area contributed by atoms with Gasteiger partial charge in [0.05, 0.1) is 13.2 Å². The van der Waals surface area contributed by atoms with Crippen molar-refractivity contribution in [3.63, 3.8) is 0 Å². The van der Waals surface area contributed by atoms with Crippen molar-refractivity contribution in [1.29, 1.82) is 0 Å². The lowest BCUT2D eigenvalue weighted by Gasteiger charge is -2.37. The third-order valence-corrected chi connectivity index (χ3v) is 6.01. The van der Waals surface area contributed by atoms with Gasteiger partial charge in [-0.15, -0.1) is 24.0 Å². The molecule has 7 nitrogen and oxygen atoms in total. The molecule has 0 radical (unpaired) electrons. The summed E-state index contributed by atoms with van der Waals surface area (Å²) in [6.07, 6.45) is 2.12. The average molecular weight is 513 g/mol. The van der Waals surface area contributed by atoms with Gasteiger partial charge in [-0.25, -0.2) is 0 Å². The Kier molecular flexibility index (Phi) is 8.14. The molecule has 0 saturated carbocycles. The van der Waals surface area contributed by atoms with E-state index in [1.165, 1.54) is 12.0 Å². The summed E-state index contributed by atoms with van der Waals surface area (Å²) in [7, 11) is 1.79. The van der Waals surface area contributed by atoms with Crippen molar-refractivity contribution >= 4 is 41.5 Å². The molecule has 3 aliphatic rings. The molecule has 8 heteroatoms. The van der Waals surface area contributed by atoms with E-state index in [1.54, 1.807) is 7.05 Å². The van der Waals surface area contributed by atoms with Gasteiger partial charge in [-0.05, 0) is 30.4 Å². The number of hydrogen-bond donors (Lipinski definition) is 1. The molecule has 1 N–H and O–H groups in total. The summed E-state index contributed by atoms with van der Waals surface area (Å²) in [5.74, 6) is 1.61. The Morgan fingerprint density at radius 1 is 1.21 bits per heavy atom. The van der Waals surface area contributed by atoms with Crippen LogP contribution in [0.4, 0.5) is 5.69 Å². The van der Waals surface area contributed by atoms with Gasteiger partial charge in [0.25, 0.3) is 0 Å². The molecule has 2 fully saturated rings. The number of anilines is 1. The number of amides is 1. The molecule has 1 aromatic rings. The van der Waals surface area contributed by atoms with E-state index in [9.17, 15) is 4.79 Å². The van der Waals surface area contributed by atoms with E-state index in [1.807, 2.05) is 23.1 Å². The SMILES string of the molecule is CN=C(NCC(=O)N1CCc2ccccc21)N1CCN(CC2CCOC2)CC1.I. The zero-order chi connectivity index (χ0) is 19.3. The van der Waals surface area contributed by atoms with Crippen LogP contribution in [0.25, 0.3) is 0 Å². The molecule has 3 heterocycles. The second kappa shape index (κ2) is 10.6. The number of carbonyl (C=O) groups excluding carboxylic acids is 1. The lowest BCUT2D eigenvalue weighted by molar-refractivity contribution is -0.117. The molecule has 0 aromatic heterocycles. The number of fused-ring (bicyclic) bond motifs is 1. The summed E-state index contributed by atoms with van der Waals surface area (Å²) in [5, 5.41) is 3.28. The Labute approximate surface area is 190 Å². The van der Waals surface area contributed by atoms with Crippen LogP contribution in [0.5, 0.6) is 0 Å². The third kappa shape index (κ3) is 5.40. The van der Waals surface area contributed by atoms with E-state index in [2.05, 4.69) is 26.2 Å². The molecule has 160 valence electrons. The van der Waals surface area contributed by atoms with E-state index >= 15 is 0 Å². The zero-order valence-corrected chi connectivity index (χ0v) is 19.5. The molecule has 1 unspecified atom stereocenters. The van der Waals surface area contributed by atoms with Gasteiger partial charge >= 0.3 is 0 Å². The number of halogens is 1. The topological polar surface area (TPSA) is 60.4 Å². The van der Waals surface area contributed by atoms with Crippen LogP contribution in [0, 0.1) is 5.92 Å². The van der Waals surface area contributed by atoms with Crippen LogP contribution >= 0.6 is 24.0 Å². The molecule has 29 heavy (non-hydrogen) atoms. The second-order valence-electron chi connectivity index (χ2n) is 7.84. The number of carbonyl (C=O) groups is 1. The lowest BCUT2D eigenvalue weighted by Crippen LogP contribution is -2.54. The fourth-order valence-corrected chi connectivity index (χ4v) is 4.41. The Balaban J connectivity index is 0.00000240. The Bertz CT molecular complexity index is 715. The van der Waals surface area contributed by atoms with Gasteiger partial charge in [0, 0.05) is 58.6 Å². The summed E-state index contributed by atoms with van der Waals surface area (Å²) in [4.78, 5) is 23.8. The van der Waals surface area contributed by atoms with Crippen LogP contribution in [0.3, 0.4) is 0 Å². The zero-order valence-electron chi connectivity index (χ0n) is 17.2. The molecular formula is C21H32IN5O2. The number of para-hydroxylation sites is 1. The number of nitrogens with one attached hydrogen (secondary N) is 1. The minimum absolute atomic E-state index is 0. The number of nitrogens with zero attached hydrogens (tertiary/aromatic N) is 4. The number of guanidine groups is 1. The highest BCUT2D eigenvalue weighted by atomic mass is 127. The fourth-order valence-electron chi connectivity index (χ4n) is 4.41. The first kappa shape index (κ1) is 22.3. The predicted octanol–water partition coefficient (Wildman–Crippen LogP) is 1.42. The molecule has 0 bridgehead atoms. The number of aliphatic imine (C=N–C) groups is 1. The summed E-state index contributed by atoms with van der Waals surface area (Å²) in [6, 6.07) is 8.16. The van der Waals surface area contributed by atoms with Gasteiger partial charge in [0.15, 0.2) is 5.96 Å². The highest BCUT2D eigenvalue weighted by molar-refractivity contribution is 14.0. The highest BCUT2D eigenvalue weighted by Crippen LogP contribution is 2.27. The van der Waals surface area contributed by atoms with Crippen molar-refractivity contribution in [1.82, 2.24) is 15.1 Å². The van der Waals surface area contributed by atoms with Crippen LogP contribution in [0.2, 0.25) is 0 Å². The van der Waals surface area contributed by atoms with Crippen molar-refractivity contribution in [3.8, 4) is 0 Å². The first-order valence-corrected chi connectivity index (χ1v) is 10.4. The van der Waals surface area contributed by atoms with Gasteiger partial charge in [0.2, 0.25) is 5.91 Å². The van der Waals surface area contributed by atoms with Crippen molar-refractivity contribution < 1.29 is 9.53 Å². The van der Waals surface area contributed by atoms with Crippen LogP contribution in [-0.4, -0.2) is 87.7 Å². The van der Waals surface area contributed by atoms with Gasteiger partial charge in [-0.1, -0.05) is 18.2 Å². The molecule has 0 aliphatic carbocycles. The van der Waals surface area contributed by atoms with Crippen LogP contribution in [-0.2, 0) is 16.0 Å². The van der Waals surface area contributed by atoms with Gasteiger partial charge < -0.3 is 19.9 Å². The standard InChI is InChI=1S/C21H31N5O2.HI/c1-22-21(25-11-9-24(10-12-25)15-17-7-13-28-16-17)23-14-20(27)26-8-6-18-4-2-3-5-19(18)26;/h2-5,17H,6-16H2,1H3,(H,22,23);1H. The smallest absolute Gasteiger partial charge is 0.246 e. The van der Waals surface area contributed by atoms with Crippen LogP contribution in [0.15, 0.2) is 29.3 Å². The van der Waals surface area contributed by atoms with Crippen molar-refractivity contribution in [3.05, 3.63) is 29.8 Å². The Hall–Kier alpha value is -1.39. The Morgan fingerprint density at radius 2 is 2.00 bits per heavy atom. The minimum Gasteiger partial charge on any atom is -0.381 e. The minimum atomic E-state index is 0. The Morgan fingerprint density at radius 3 is 2.72 bits per heavy atom. The first-order chi connectivity index (χ1) is 13.7. The molecule has 1 aromatic carbocycles. The van der Waals surface area contributed by atoms with Gasteiger partial charge in [0.1, 0.15) is 0 Å². The third-order valence-electron chi connectivity index (χ3n) is 6.01. The largest absolute Gasteiger partial charge is 0.381 e. The maximum absolute atomic E-state index is 12.7. The van der Waals surface area contributed by atoms with E-state index < -0.39 is 0 Å². The van der Waals surface area contributed by atoms with Crippen molar-refractivity contribution in [2.45, 2.75) is 12.8 Å². The maximum Gasteiger partial charge on any atom is 0.246 e. The summed E-state index contributed by atoms with van der Waals surface area (Å²) < 4.78 is 5.49. The number of rotatable bonds is 4. The average Bonchev–Trinajstić information content (AvgIpc) is 3.39. The molecule has 1 amide bonds. The van der Waals surface area contributed by atoms with Gasteiger partial charge in [-0.2, -0.15) is 0 Å². The molecule has 2 saturated heterocycles. The summed E-state index contributed by atoms with van der Waals surface area (Å²) >= 11 is 0. The first-order valence-electron chi connectivity index (χ1n) is 10.4. The van der Waals surface area contributed by atoms with E-state index in [0.29, 0.717) is 5.92 Å². The maximum atomic E-state index is 12.7. The normalized spacial score (nSPS) is 22.4. The quantitative estimate of drug-likeness (QED) is 0.375. The molecule has 0 spiro atoms. The van der Waals surface area contributed by atoms with Crippen LogP contribution in [0.1, 0.15) is 12.0 Å². The van der Waals surface area contributed by atoms with Crippen LogP contribution < -0.4 is 10.2 Å². The fraction of sp³-hybridized carbons (Fsp3) is 0.619. The van der Waals surface area contributed by atoms with E-state index in [0.717, 1.165) is 70.6 Å². The lowest BCUT2D eigenvalue weighted by atomic mass is 10.1. The number of piperazine rings is 1. The predicted molar refractivity (Wildman–Crippen MR) is 126 cm³/mol. The number of benzene rings is 1. The molecule has 1 atom stereocenters. The molecule has 3 aliphatic heterocycles. The van der Waals surface area contributed by atoms with E-state index in [-0.39, 0.29) is 36.4 Å². The number of hydrogen-bond acceptors (Lipinski definition) is 4. The number of ether oxygens (including phenoxy) is 1. The van der Waals surface area contributed by atoms with E-state index in [4.69, 9.17) is 4.74 Å².